The molecule has 0 unspecified atom stereocenters. The number of nitrogens with zero attached hydrogens (tertiary/aromatic N) is 3. The van der Waals surface area contributed by atoms with E-state index in [1.807, 2.05) is 36.7 Å². The lowest BCUT2D eigenvalue weighted by atomic mass is 10.2. The number of anilines is 4. The summed E-state index contributed by atoms with van der Waals surface area (Å²) in [4.78, 5) is 22.7. The summed E-state index contributed by atoms with van der Waals surface area (Å²) in [6.45, 7) is 1.94. The first-order valence-corrected chi connectivity index (χ1v) is 13.1. The average Bonchev–Trinajstić information content (AvgIpc) is 3.46. The molecule has 1 saturated carbocycles. The smallest absolute Gasteiger partial charge is 0.255 e. The summed E-state index contributed by atoms with van der Waals surface area (Å²) >= 11 is 1.56. The van der Waals surface area contributed by atoms with Crippen molar-refractivity contribution in [2.45, 2.75) is 19.4 Å². The molecule has 0 radical (unpaired) electrons. The highest BCUT2D eigenvalue weighted by atomic mass is 32.1. The zero-order chi connectivity index (χ0) is 25.2. The maximum absolute atomic E-state index is 12.6. The first-order valence-electron chi connectivity index (χ1n) is 12.3. The minimum Gasteiger partial charge on any atom is -0.397 e. The van der Waals surface area contributed by atoms with E-state index in [-0.39, 0.29) is 5.91 Å². The number of imidazole rings is 1. The number of thiazole rings is 1. The Balaban J connectivity index is 1.13. The van der Waals surface area contributed by atoms with Gasteiger partial charge in [-0.1, -0.05) is 29.5 Å². The maximum atomic E-state index is 12.6. The molecule has 0 bridgehead atoms. The summed E-state index contributed by atoms with van der Waals surface area (Å²) in [5.41, 5.74) is 11.6. The van der Waals surface area contributed by atoms with E-state index in [1.165, 1.54) is 18.4 Å². The molecule has 1 aliphatic carbocycles. The Labute approximate surface area is 218 Å². The topological polar surface area (TPSA) is 109 Å². The van der Waals surface area contributed by atoms with Crippen LogP contribution in [0.3, 0.4) is 0 Å². The lowest BCUT2D eigenvalue weighted by Crippen LogP contribution is -2.16. The fraction of sp³-hybridized carbons (Fsp3) is 0.179. The van der Waals surface area contributed by atoms with Gasteiger partial charge in [0.05, 0.1) is 28.1 Å². The number of pyridine rings is 1. The predicted molar refractivity (Wildman–Crippen MR) is 149 cm³/mol. The van der Waals surface area contributed by atoms with E-state index in [2.05, 4.69) is 48.6 Å². The summed E-state index contributed by atoms with van der Waals surface area (Å²) in [7, 11) is 0. The Morgan fingerprint density at radius 3 is 2.68 bits per heavy atom. The lowest BCUT2D eigenvalue weighted by molar-refractivity contribution is 0.102. The van der Waals surface area contributed by atoms with Crippen molar-refractivity contribution in [1.29, 1.82) is 0 Å². The number of benzene rings is 2. The Hall–Kier alpha value is -4.21. The van der Waals surface area contributed by atoms with Crippen molar-refractivity contribution in [2.75, 3.05) is 22.9 Å². The Kier molecular flexibility index (Phi) is 6.30. The molecule has 0 atom stereocenters. The van der Waals surface area contributed by atoms with Crippen LogP contribution in [0.4, 0.5) is 22.2 Å². The lowest BCUT2D eigenvalue weighted by Gasteiger charge is -2.08. The van der Waals surface area contributed by atoms with Crippen LogP contribution >= 0.6 is 11.3 Å². The Morgan fingerprint density at radius 2 is 1.86 bits per heavy atom. The normalized spacial score (nSPS) is 13.1. The van der Waals surface area contributed by atoms with E-state index in [9.17, 15) is 4.79 Å². The van der Waals surface area contributed by atoms with Gasteiger partial charge in [0.2, 0.25) is 0 Å². The van der Waals surface area contributed by atoms with Crippen LogP contribution in [0, 0.1) is 5.92 Å². The van der Waals surface area contributed by atoms with Crippen LogP contribution in [0.15, 0.2) is 79.3 Å². The van der Waals surface area contributed by atoms with Gasteiger partial charge in [-0.05, 0) is 73.3 Å². The molecule has 2 aromatic carbocycles. The van der Waals surface area contributed by atoms with Crippen molar-refractivity contribution in [3.63, 3.8) is 0 Å². The number of fused-ring (bicyclic) bond motifs is 1. The van der Waals surface area contributed by atoms with Gasteiger partial charge in [0.15, 0.2) is 5.13 Å². The minimum atomic E-state index is -0.212. The molecule has 1 fully saturated rings. The highest BCUT2D eigenvalue weighted by Gasteiger charge is 2.20. The van der Waals surface area contributed by atoms with E-state index in [0.717, 1.165) is 46.0 Å². The van der Waals surface area contributed by atoms with Crippen molar-refractivity contribution >= 4 is 45.1 Å². The molecular weight excluding hydrogens is 482 g/mol. The van der Waals surface area contributed by atoms with Crippen molar-refractivity contribution in [3.05, 3.63) is 90.4 Å². The highest BCUT2D eigenvalue weighted by Crippen LogP contribution is 2.32. The Bertz CT molecular complexity index is 1550. The fourth-order valence-electron chi connectivity index (χ4n) is 4.14. The molecule has 8 nitrogen and oxygen atoms in total. The number of rotatable bonds is 9. The third-order valence-electron chi connectivity index (χ3n) is 6.39. The number of nitrogens with one attached hydrogen (secondary N) is 3. The highest BCUT2D eigenvalue weighted by molar-refractivity contribution is 7.18. The molecular formula is C28H27N7OS. The first-order chi connectivity index (χ1) is 18.1. The van der Waals surface area contributed by atoms with E-state index in [0.29, 0.717) is 16.9 Å². The maximum Gasteiger partial charge on any atom is 0.255 e. The van der Waals surface area contributed by atoms with Crippen LogP contribution in [-0.2, 0) is 6.54 Å². The molecule has 37 heavy (non-hydrogen) atoms. The van der Waals surface area contributed by atoms with Crippen molar-refractivity contribution in [1.82, 2.24) is 19.7 Å². The number of aromatic nitrogens is 3. The van der Waals surface area contributed by atoms with Gasteiger partial charge in [0.25, 0.3) is 5.91 Å². The van der Waals surface area contributed by atoms with Crippen molar-refractivity contribution in [2.24, 2.45) is 5.92 Å². The average molecular weight is 510 g/mol. The van der Waals surface area contributed by atoms with Gasteiger partial charge in [-0.25, -0.2) is 9.97 Å². The van der Waals surface area contributed by atoms with Crippen LogP contribution in [0.25, 0.3) is 16.2 Å². The molecule has 0 aliphatic heterocycles. The third kappa shape index (κ3) is 5.32. The van der Waals surface area contributed by atoms with E-state index in [1.54, 1.807) is 35.6 Å². The van der Waals surface area contributed by atoms with Crippen molar-refractivity contribution in [3.8, 4) is 10.6 Å². The molecule has 6 rings (SSSR count). The number of para-hydroxylation sites is 2. The summed E-state index contributed by atoms with van der Waals surface area (Å²) in [5, 5.41) is 10.5. The monoisotopic (exact) mass is 509 g/mol. The van der Waals surface area contributed by atoms with Gasteiger partial charge in [0.1, 0.15) is 5.65 Å². The zero-order valence-corrected chi connectivity index (χ0v) is 21.0. The molecule has 1 amide bonds. The third-order valence-corrected chi connectivity index (χ3v) is 7.33. The molecule has 9 heteroatoms. The number of amides is 1. The van der Waals surface area contributed by atoms with Crippen LogP contribution in [0.1, 0.15) is 28.8 Å². The Morgan fingerprint density at radius 1 is 1.03 bits per heavy atom. The van der Waals surface area contributed by atoms with Crippen LogP contribution < -0.4 is 21.7 Å². The SMILES string of the molecule is Nc1ccccc1NC(=O)c1ccc(Nc2ncc(-c3cnc4ccc(CNCC5CC5)cn34)s2)cc1. The largest absolute Gasteiger partial charge is 0.397 e. The molecule has 1 aliphatic rings. The fourth-order valence-corrected chi connectivity index (χ4v) is 4.98. The second kappa shape index (κ2) is 10.0. The van der Waals surface area contributed by atoms with Gasteiger partial charge < -0.3 is 21.7 Å². The summed E-state index contributed by atoms with van der Waals surface area (Å²) in [5.74, 6) is 0.647. The van der Waals surface area contributed by atoms with Crippen LogP contribution in [-0.4, -0.2) is 26.8 Å². The molecule has 0 saturated heterocycles. The molecule has 186 valence electrons. The van der Waals surface area contributed by atoms with Gasteiger partial charge in [-0.15, -0.1) is 0 Å². The van der Waals surface area contributed by atoms with Crippen molar-refractivity contribution < 1.29 is 4.79 Å². The minimum absolute atomic E-state index is 0.212. The zero-order valence-electron chi connectivity index (χ0n) is 20.1. The first kappa shape index (κ1) is 23.2. The van der Waals surface area contributed by atoms with Gasteiger partial charge in [-0.2, -0.15) is 0 Å². The second-order valence-electron chi connectivity index (χ2n) is 9.26. The van der Waals surface area contributed by atoms with E-state index < -0.39 is 0 Å². The summed E-state index contributed by atoms with van der Waals surface area (Å²) in [6.07, 6.45) is 8.60. The number of hydrogen-bond acceptors (Lipinski definition) is 7. The number of hydrogen-bond donors (Lipinski definition) is 4. The molecule has 5 N–H and O–H groups in total. The molecule has 3 aromatic heterocycles. The van der Waals surface area contributed by atoms with Gasteiger partial charge in [-0.3, -0.25) is 9.20 Å². The molecule has 3 heterocycles. The van der Waals surface area contributed by atoms with Gasteiger partial charge in [0, 0.05) is 30.2 Å². The van der Waals surface area contributed by atoms with Crippen LogP contribution in [0.5, 0.6) is 0 Å². The summed E-state index contributed by atoms with van der Waals surface area (Å²) in [6, 6.07) is 18.6. The quantitative estimate of drug-likeness (QED) is 0.194. The predicted octanol–water partition coefficient (Wildman–Crippen LogP) is 5.54. The number of carbonyl (C=O) groups is 1. The number of nitrogens with two attached hydrogens (primary N) is 1. The molecule has 0 spiro atoms. The molecule has 5 aromatic rings. The summed E-state index contributed by atoms with van der Waals surface area (Å²) < 4.78 is 2.12. The second-order valence-corrected chi connectivity index (χ2v) is 10.3. The van der Waals surface area contributed by atoms with E-state index in [4.69, 9.17) is 5.73 Å². The van der Waals surface area contributed by atoms with E-state index >= 15 is 0 Å². The van der Waals surface area contributed by atoms with Crippen LogP contribution in [0.2, 0.25) is 0 Å². The van der Waals surface area contributed by atoms with Gasteiger partial charge >= 0.3 is 0 Å². The number of nitrogen functional groups attached to an aromatic ring is 1. The number of carbonyl (C=O) groups excluding carboxylic acids is 1. The standard InChI is InChI=1S/C28H27N7OS/c29-22-3-1-2-4-23(22)34-27(36)20-8-10-21(11-9-20)33-28-32-16-25(37-28)24-15-31-26-12-7-19(17-35(24)26)14-30-13-18-5-6-18/h1-4,7-12,15-18,30H,5-6,13-14,29H2,(H,32,33)(H,34,36).